The lowest BCUT2D eigenvalue weighted by molar-refractivity contribution is 0.742. The summed E-state index contributed by atoms with van der Waals surface area (Å²) in [5.74, 6) is 0. The molecule has 12 heavy (non-hydrogen) atoms. The molecule has 0 aromatic carbocycles. The van der Waals surface area contributed by atoms with E-state index in [9.17, 15) is 0 Å². The zero-order valence-electron chi connectivity index (χ0n) is 6.68. The maximum absolute atomic E-state index is 4.15. The number of hydrogen-bond donors (Lipinski definition) is 0. The first kappa shape index (κ1) is 6.97. The summed E-state index contributed by atoms with van der Waals surface area (Å²) in [6.07, 6.45) is 5.16. The first-order chi connectivity index (χ1) is 5.86. The maximum atomic E-state index is 4.15. The molecule has 0 radical (unpaired) electrons. The molecule has 2 aromatic rings. The summed E-state index contributed by atoms with van der Waals surface area (Å²) in [6.45, 7) is 1.90. The molecule has 60 valence electrons. The van der Waals surface area contributed by atoms with Gasteiger partial charge in [0.05, 0.1) is 18.1 Å². The quantitative estimate of drug-likeness (QED) is 0.624. The van der Waals surface area contributed by atoms with Gasteiger partial charge in [-0.1, -0.05) is 0 Å². The Morgan fingerprint density at radius 2 is 2.25 bits per heavy atom. The van der Waals surface area contributed by atoms with Gasteiger partial charge in [0.25, 0.3) is 0 Å². The van der Waals surface area contributed by atoms with Crippen LogP contribution in [0, 0.1) is 6.92 Å². The molecular formula is C8H8N4. The molecule has 0 aliphatic rings. The van der Waals surface area contributed by atoms with Crippen LogP contribution in [0.2, 0.25) is 0 Å². The van der Waals surface area contributed by atoms with Gasteiger partial charge in [-0.05, 0) is 19.1 Å². The van der Waals surface area contributed by atoms with Crippen molar-refractivity contribution in [2.75, 3.05) is 0 Å². The van der Waals surface area contributed by atoms with Gasteiger partial charge in [-0.15, -0.1) is 4.80 Å². The first-order valence-electron chi connectivity index (χ1n) is 3.65. The fourth-order valence-electron chi connectivity index (χ4n) is 0.936. The van der Waals surface area contributed by atoms with Gasteiger partial charge >= 0.3 is 0 Å². The summed E-state index contributed by atoms with van der Waals surface area (Å²) in [4.78, 5) is 5.53. The Bertz CT molecular complexity index is 366. The van der Waals surface area contributed by atoms with Crippen LogP contribution in [0.1, 0.15) is 5.69 Å². The molecule has 0 aliphatic heterocycles. The van der Waals surface area contributed by atoms with Gasteiger partial charge in [0.15, 0.2) is 0 Å². The number of aromatic nitrogens is 4. The zero-order chi connectivity index (χ0) is 8.39. The molecule has 0 unspecified atom stereocenters. The summed E-state index contributed by atoms with van der Waals surface area (Å²) in [6, 6.07) is 3.76. The standard InChI is InChI=1S/C8H8N4/c1-7-5-10-12(11-7)8-3-2-4-9-6-8/h2-6H,1H3. The fourth-order valence-corrected chi connectivity index (χ4v) is 0.936. The smallest absolute Gasteiger partial charge is 0.104 e. The minimum atomic E-state index is 0.880. The number of rotatable bonds is 1. The van der Waals surface area contributed by atoms with E-state index < -0.39 is 0 Å². The molecule has 0 amide bonds. The van der Waals surface area contributed by atoms with E-state index in [4.69, 9.17) is 0 Å². The topological polar surface area (TPSA) is 43.6 Å². The van der Waals surface area contributed by atoms with Gasteiger partial charge in [-0.25, -0.2) is 0 Å². The highest BCUT2D eigenvalue weighted by molar-refractivity contribution is 5.24. The minimum absolute atomic E-state index is 0.880. The van der Waals surface area contributed by atoms with Crippen LogP contribution in [-0.2, 0) is 0 Å². The molecule has 0 saturated heterocycles. The molecule has 4 heteroatoms. The second-order valence-electron chi connectivity index (χ2n) is 2.49. The number of nitrogens with zero attached hydrogens (tertiary/aromatic N) is 4. The van der Waals surface area contributed by atoms with E-state index >= 15 is 0 Å². The van der Waals surface area contributed by atoms with Crippen molar-refractivity contribution in [3.8, 4) is 5.69 Å². The average Bonchev–Trinajstić information content (AvgIpc) is 2.54. The van der Waals surface area contributed by atoms with Crippen LogP contribution in [0.4, 0.5) is 0 Å². The Labute approximate surface area is 69.9 Å². The summed E-state index contributed by atoms with van der Waals surface area (Å²) < 4.78 is 0. The molecule has 0 fully saturated rings. The highest BCUT2D eigenvalue weighted by atomic mass is 15.5. The second-order valence-corrected chi connectivity index (χ2v) is 2.49. The normalized spacial score (nSPS) is 10.1. The second kappa shape index (κ2) is 2.73. The van der Waals surface area contributed by atoms with E-state index in [1.54, 1.807) is 23.4 Å². The van der Waals surface area contributed by atoms with Crippen molar-refractivity contribution in [3.63, 3.8) is 0 Å². The van der Waals surface area contributed by atoms with Crippen LogP contribution in [0.5, 0.6) is 0 Å². The van der Waals surface area contributed by atoms with E-state index in [-0.39, 0.29) is 0 Å². The van der Waals surface area contributed by atoms with Crippen molar-refractivity contribution in [2.24, 2.45) is 0 Å². The van der Waals surface area contributed by atoms with Crippen molar-refractivity contribution in [3.05, 3.63) is 36.4 Å². The van der Waals surface area contributed by atoms with Gasteiger partial charge in [-0.3, -0.25) is 4.98 Å². The summed E-state index contributed by atoms with van der Waals surface area (Å²) in [7, 11) is 0. The lowest BCUT2D eigenvalue weighted by Crippen LogP contribution is -1.98. The van der Waals surface area contributed by atoms with E-state index in [0.29, 0.717) is 0 Å². The van der Waals surface area contributed by atoms with Crippen molar-refractivity contribution >= 4 is 0 Å². The van der Waals surface area contributed by atoms with Gasteiger partial charge in [0, 0.05) is 6.20 Å². The third kappa shape index (κ3) is 1.18. The van der Waals surface area contributed by atoms with Crippen LogP contribution in [0.25, 0.3) is 5.69 Å². The third-order valence-corrected chi connectivity index (χ3v) is 1.48. The third-order valence-electron chi connectivity index (χ3n) is 1.48. The van der Waals surface area contributed by atoms with Crippen molar-refractivity contribution in [2.45, 2.75) is 6.92 Å². The lowest BCUT2D eigenvalue weighted by Gasteiger charge is -1.95. The number of hydrogen-bond acceptors (Lipinski definition) is 3. The molecule has 0 atom stereocenters. The first-order valence-corrected chi connectivity index (χ1v) is 3.65. The molecule has 2 heterocycles. The van der Waals surface area contributed by atoms with E-state index in [0.717, 1.165) is 11.4 Å². The van der Waals surface area contributed by atoms with Gasteiger partial charge < -0.3 is 0 Å². The van der Waals surface area contributed by atoms with Crippen molar-refractivity contribution < 1.29 is 0 Å². The van der Waals surface area contributed by atoms with E-state index in [1.165, 1.54) is 0 Å². The Hall–Kier alpha value is -1.71. The van der Waals surface area contributed by atoms with Crippen LogP contribution in [0.15, 0.2) is 30.7 Å². The molecule has 0 saturated carbocycles. The van der Waals surface area contributed by atoms with E-state index in [2.05, 4.69) is 15.2 Å². The highest BCUT2D eigenvalue weighted by Crippen LogP contribution is 2.00. The average molecular weight is 160 g/mol. The number of pyridine rings is 1. The fraction of sp³-hybridized carbons (Fsp3) is 0.125. The Kier molecular flexibility index (Phi) is 1.59. The van der Waals surface area contributed by atoms with Gasteiger partial charge in [0.1, 0.15) is 5.69 Å². The van der Waals surface area contributed by atoms with Crippen molar-refractivity contribution in [1.29, 1.82) is 0 Å². The lowest BCUT2D eigenvalue weighted by atomic mass is 10.4. The Balaban J connectivity index is 2.45. The van der Waals surface area contributed by atoms with Crippen LogP contribution in [-0.4, -0.2) is 20.0 Å². The Morgan fingerprint density at radius 1 is 1.33 bits per heavy atom. The summed E-state index contributed by atoms with van der Waals surface area (Å²) >= 11 is 0. The minimum Gasteiger partial charge on any atom is -0.262 e. The predicted octanol–water partition coefficient (Wildman–Crippen LogP) is 0.971. The molecule has 4 nitrogen and oxygen atoms in total. The highest BCUT2D eigenvalue weighted by Gasteiger charge is 1.97. The zero-order valence-corrected chi connectivity index (χ0v) is 6.68. The molecule has 2 aromatic heterocycles. The Morgan fingerprint density at radius 3 is 2.83 bits per heavy atom. The van der Waals surface area contributed by atoms with Gasteiger partial charge in [-0.2, -0.15) is 10.2 Å². The molecule has 2 rings (SSSR count). The molecule has 0 bridgehead atoms. The van der Waals surface area contributed by atoms with Crippen LogP contribution in [0.3, 0.4) is 0 Å². The molecular weight excluding hydrogens is 152 g/mol. The monoisotopic (exact) mass is 160 g/mol. The molecule has 0 aliphatic carbocycles. The summed E-state index contributed by atoms with van der Waals surface area (Å²) in [5, 5.41) is 8.20. The molecule has 0 N–H and O–H groups in total. The van der Waals surface area contributed by atoms with Crippen LogP contribution >= 0.6 is 0 Å². The number of aryl methyl sites for hydroxylation is 1. The summed E-state index contributed by atoms with van der Waals surface area (Å²) in [5.41, 5.74) is 1.78. The van der Waals surface area contributed by atoms with Crippen LogP contribution < -0.4 is 0 Å². The van der Waals surface area contributed by atoms with E-state index in [1.807, 2.05) is 19.1 Å². The SMILES string of the molecule is Cc1cnn(-c2cccnc2)n1. The maximum Gasteiger partial charge on any atom is 0.104 e. The predicted molar refractivity (Wildman–Crippen MR) is 43.9 cm³/mol. The van der Waals surface area contributed by atoms with Crippen molar-refractivity contribution in [1.82, 2.24) is 20.0 Å². The molecule has 0 spiro atoms. The largest absolute Gasteiger partial charge is 0.262 e. The van der Waals surface area contributed by atoms with Gasteiger partial charge in [0.2, 0.25) is 0 Å².